The van der Waals surface area contributed by atoms with E-state index in [2.05, 4.69) is 12.2 Å². The lowest BCUT2D eigenvalue weighted by Gasteiger charge is -2.30. The predicted molar refractivity (Wildman–Crippen MR) is 78.6 cm³/mol. The molecule has 114 valence electrons. The van der Waals surface area contributed by atoms with E-state index in [9.17, 15) is 9.59 Å². The van der Waals surface area contributed by atoms with Crippen molar-refractivity contribution in [1.29, 1.82) is 0 Å². The van der Waals surface area contributed by atoms with E-state index < -0.39 is 5.97 Å². The molecule has 20 heavy (non-hydrogen) atoms. The first-order valence-electron chi connectivity index (χ1n) is 7.10. The molecule has 1 unspecified atom stereocenters. The highest BCUT2D eigenvalue weighted by Crippen LogP contribution is 2.22. The third kappa shape index (κ3) is 6.08. The van der Waals surface area contributed by atoms with E-state index in [4.69, 9.17) is 5.11 Å². The number of amides is 2. The van der Waals surface area contributed by atoms with Crippen LogP contribution in [0.5, 0.6) is 0 Å². The molecule has 5 heteroatoms. The normalized spacial score (nSPS) is 17.4. The molecule has 2 amide bonds. The molecule has 5 nitrogen and oxygen atoms in total. The summed E-state index contributed by atoms with van der Waals surface area (Å²) in [6.45, 7) is 9.49. The number of carboxylic acids is 1. The fourth-order valence-corrected chi connectivity index (χ4v) is 2.35. The van der Waals surface area contributed by atoms with Crippen LogP contribution in [0, 0.1) is 5.41 Å². The molecule has 0 aromatic rings. The Kier molecular flexibility index (Phi) is 5.60. The van der Waals surface area contributed by atoms with Gasteiger partial charge in [-0.3, -0.25) is 4.79 Å². The van der Waals surface area contributed by atoms with Crippen LogP contribution < -0.4 is 5.32 Å². The van der Waals surface area contributed by atoms with Gasteiger partial charge in [-0.25, -0.2) is 4.79 Å². The van der Waals surface area contributed by atoms with Gasteiger partial charge in [0.15, 0.2) is 0 Å². The van der Waals surface area contributed by atoms with Crippen LogP contribution in [0.2, 0.25) is 0 Å². The minimum Gasteiger partial charge on any atom is -0.481 e. The first-order chi connectivity index (χ1) is 9.17. The summed E-state index contributed by atoms with van der Waals surface area (Å²) in [5.41, 5.74) is 1.28. The predicted octanol–water partition coefficient (Wildman–Crippen LogP) is 2.63. The minimum absolute atomic E-state index is 0.0220. The maximum Gasteiger partial charge on any atom is 0.317 e. The molecule has 0 aromatic carbocycles. The second kappa shape index (κ2) is 6.77. The van der Waals surface area contributed by atoms with E-state index in [-0.39, 0.29) is 23.9 Å². The number of nitrogens with zero attached hydrogens (tertiary/aromatic N) is 1. The zero-order chi connectivity index (χ0) is 15.3. The highest BCUT2D eigenvalue weighted by atomic mass is 16.4. The zero-order valence-electron chi connectivity index (χ0n) is 12.9. The van der Waals surface area contributed by atoms with Crippen molar-refractivity contribution in [3.63, 3.8) is 0 Å². The largest absolute Gasteiger partial charge is 0.481 e. The molecule has 0 saturated carbocycles. The van der Waals surface area contributed by atoms with Crippen molar-refractivity contribution in [2.45, 2.75) is 53.0 Å². The van der Waals surface area contributed by atoms with Crippen molar-refractivity contribution >= 4 is 12.0 Å². The molecular formula is C15H26N2O3. The monoisotopic (exact) mass is 282 g/mol. The molecule has 0 saturated heterocycles. The van der Waals surface area contributed by atoms with Gasteiger partial charge in [-0.05, 0) is 25.2 Å². The lowest BCUT2D eigenvalue weighted by molar-refractivity contribution is -0.137. The molecule has 0 spiro atoms. The summed E-state index contributed by atoms with van der Waals surface area (Å²) in [5, 5.41) is 11.8. The number of nitrogens with one attached hydrogen (secondary N) is 1. The molecule has 1 aliphatic rings. The number of rotatable bonds is 4. The van der Waals surface area contributed by atoms with Gasteiger partial charge in [-0.2, -0.15) is 0 Å². The highest BCUT2D eigenvalue weighted by Gasteiger charge is 2.25. The van der Waals surface area contributed by atoms with E-state index in [1.54, 1.807) is 4.90 Å². The fourth-order valence-electron chi connectivity index (χ4n) is 2.35. The Balaban J connectivity index is 2.59. The molecule has 1 aliphatic heterocycles. The smallest absolute Gasteiger partial charge is 0.317 e. The van der Waals surface area contributed by atoms with Gasteiger partial charge >= 0.3 is 12.0 Å². The summed E-state index contributed by atoms with van der Waals surface area (Å²) in [6.07, 6.45) is 3.54. The van der Waals surface area contributed by atoms with Crippen LogP contribution in [0.4, 0.5) is 4.79 Å². The van der Waals surface area contributed by atoms with Gasteiger partial charge in [0.1, 0.15) is 0 Å². The van der Waals surface area contributed by atoms with E-state index in [0.29, 0.717) is 19.5 Å². The van der Waals surface area contributed by atoms with Crippen molar-refractivity contribution in [3.8, 4) is 0 Å². The van der Waals surface area contributed by atoms with Crippen LogP contribution in [0.3, 0.4) is 0 Å². The highest BCUT2D eigenvalue weighted by molar-refractivity contribution is 5.76. The van der Waals surface area contributed by atoms with Crippen LogP contribution in [0.1, 0.15) is 47.0 Å². The van der Waals surface area contributed by atoms with Crippen molar-refractivity contribution in [2.75, 3.05) is 13.1 Å². The number of carboxylic acid groups (broad SMARTS) is 1. The van der Waals surface area contributed by atoms with Crippen LogP contribution in [0.15, 0.2) is 11.6 Å². The molecule has 0 radical (unpaired) electrons. The third-order valence-electron chi connectivity index (χ3n) is 3.33. The lowest BCUT2D eigenvalue weighted by atomic mass is 9.87. The van der Waals surface area contributed by atoms with Crippen LogP contribution >= 0.6 is 0 Å². The molecular weight excluding hydrogens is 256 g/mol. The average Bonchev–Trinajstić information content (AvgIpc) is 2.26. The SMILES string of the molecule is CC1=CCN(C(=O)NC(CC(=O)O)CC(C)(C)C)CC1. The number of aliphatic carboxylic acids is 1. The van der Waals surface area contributed by atoms with Gasteiger partial charge in [0, 0.05) is 19.1 Å². The lowest BCUT2D eigenvalue weighted by Crippen LogP contribution is -2.47. The van der Waals surface area contributed by atoms with Crippen molar-refractivity contribution in [2.24, 2.45) is 5.41 Å². The second-order valence-electron chi connectivity index (χ2n) is 6.76. The summed E-state index contributed by atoms with van der Waals surface area (Å²) >= 11 is 0. The molecule has 0 bridgehead atoms. The first-order valence-corrected chi connectivity index (χ1v) is 7.10. The number of hydrogen-bond acceptors (Lipinski definition) is 2. The van der Waals surface area contributed by atoms with E-state index >= 15 is 0 Å². The summed E-state index contributed by atoms with van der Waals surface area (Å²) < 4.78 is 0. The molecule has 1 heterocycles. The maximum atomic E-state index is 12.2. The van der Waals surface area contributed by atoms with Crippen LogP contribution in [-0.4, -0.2) is 41.1 Å². The Labute approximate surface area is 121 Å². The molecule has 0 aliphatic carbocycles. The van der Waals surface area contributed by atoms with Gasteiger partial charge < -0.3 is 15.3 Å². The Morgan fingerprint density at radius 2 is 2.10 bits per heavy atom. The molecule has 0 fully saturated rings. The number of urea groups is 1. The Morgan fingerprint density at radius 3 is 2.55 bits per heavy atom. The Bertz CT molecular complexity index is 396. The number of carbonyl (C=O) groups excluding carboxylic acids is 1. The quantitative estimate of drug-likeness (QED) is 0.779. The van der Waals surface area contributed by atoms with E-state index in [1.807, 2.05) is 26.8 Å². The fraction of sp³-hybridized carbons (Fsp3) is 0.733. The Morgan fingerprint density at radius 1 is 1.45 bits per heavy atom. The van der Waals surface area contributed by atoms with E-state index in [1.165, 1.54) is 5.57 Å². The zero-order valence-corrected chi connectivity index (χ0v) is 12.9. The van der Waals surface area contributed by atoms with Gasteiger partial charge in [0.25, 0.3) is 0 Å². The first kappa shape index (κ1) is 16.5. The van der Waals surface area contributed by atoms with Gasteiger partial charge in [-0.15, -0.1) is 0 Å². The van der Waals surface area contributed by atoms with Crippen molar-refractivity contribution in [3.05, 3.63) is 11.6 Å². The number of carbonyl (C=O) groups is 2. The van der Waals surface area contributed by atoms with Crippen LogP contribution in [-0.2, 0) is 4.79 Å². The topological polar surface area (TPSA) is 69.6 Å². The maximum absolute atomic E-state index is 12.2. The minimum atomic E-state index is -0.881. The van der Waals surface area contributed by atoms with Gasteiger partial charge in [-0.1, -0.05) is 32.4 Å². The number of hydrogen-bond donors (Lipinski definition) is 2. The summed E-state index contributed by atoms with van der Waals surface area (Å²) in [5.74, 6) is -0.881. The van der Waals surface area contributed by atoms with Crippen molar-refractivity contribution in [1.82, 2.24) is 10.2 Å². The average molecular weight is 282 g/mol. The molecule has 1 rings (SSSR count). The molecule has 2 N–H and O–H groups in total. The summed E-state index contributed by atoms with van der Waals surface area (Å²) in [7, 11) is 0. The standard InChI is InChI=1S/C15H26N2O3/c1-11-5-7-17(8-6-11)14(20)16-12(9-13(18)19)10-15(2,3)4/h5,12H,6-10H2,1-4H3,(H,16,20)(H,18,19). The van der Waals surface area contributed by atoms with Gasteiger partial charge in [0.05, 0.1) is 6.42 Å². The molecule has 1 atom stereocenters. The van der Waals surface area contributed by atoms with Crippen LogP contribution in [0.25, 0.3) is 0 Å². The van der Waals surface area contributed by atoms with Crippen molar-refractivity contribution < 1.29 is 14.7 Å². The third-order valence-corrected chi connectivity index (χ3v) is 3.33. The van der Waals surface area contributed by atoms with E-state index in [0.717, 1.165) is 6.42 Å². The second-order valence-corrected chi connectivity index (χ2v) is 6.76. The Hall–Kier alpha value is -1.52. The summed E-state index contributed by atoms with van der Waals surface area (Å²) in [4.78, 5) is 24.8. The van der Waals surface area contributed by atoms with Gasteiger partial charge in [0.2, 0.25) is 0 Å². The summed E-state index contributed by atoms with van der Waals surface area (Å²) in [6, 6.07) is -0.490. The molecule has 0 aromatic heterocycles.